The summed E-state index contributed by atoms with van der Waals surface area (Å²) in [4.78, 5) is 48.9. The average molecular weight is 361 g/mol. The quantitative estimate of drug-likeness (QED) is 0.647. The maximum Gasteiger partial charge on any atom is 0.323 e. The normalized spacial score (nSPS) is 15.5. The van der Waals surface area contributed by atoms with E-state index in [9.17, 15) is 24.3 Å². The molecule has 9 nitrogen and oxygen atoms in total. The van der Waals surface area contributed by atoms with E-state index >= 15 is 0 Å². The van der Waals surface area contributed by atoms with E-state index in [-0.39, 0.29) is 18.4 Å². The Labute approximate surface area is 150 Å². The van der Waals surface area contributed by atoms with Gasteiger partial charge in [-0.2, -0.15) is 0 Å². The van der Waals surface area contributed by atoms with Gasteiger partial charge in [0.1, 0.15) is 12.6 Å². The number of nitrogens with zero attached hydrogens (tertiary/aromatic N) is 1. The van der Waals surface area contributed by atoms with Crippen LogP contribution in [0.15, 0.2) is 24.3 Å². The number of carbonyl (C=O) groups excluding carboxylic acids is 4. The Bertz CT molecular complexity index is 734. The molecule has 140 valence electrons. The fourth-order valence-corrected chi connectivity index (χ4v) is 2.52. The van der Waals surface area contributed by atoms with Crippen LogP contribution in [-0.4, -0.2) is 42.4 Å². The third-order valence-corrected chi connectivity index (χ3v) is 3.96. The molecule has 0 unspecified atom stereocenters. The van der Waals surface area contributed by atoms with Crippen LogP contribution in [0.25, 0.3) is 0 Å². The highest BCUT2D eigenvalue weighted by atomic mass is 16.4. The van der Waals surface area contributed by atoms with Crippen LogP contribution in [-0.2, 0) is 14.4 Å². The highest BCUT2D eigenvalue weighted by Gasteiger charge is 2.31. The number of amides is 4. The van der Waals surface area contributed by atoms with Crippen LogP contribution in [0.4, 0.5) is 16.2 Å². The van der Waals surface area contributed by atoms with Crippen LogP contribution in [0.3, 0.4) is 0 Å². The van der Waals surface area contributed by atoms with Gasteiger partial charge in [-0.25, -0.2) is 4.79 Å². The summed E-state index contributed by atoms with van der Waals surface area (Å²) in [6, 6.07) is 4.01. The molecule has 0 bridgehead atoms. The minimum absolute atomic E-state index is 0.190. The molecule has 0 spiro atoms. The largest absolute Gasteiger partial charge is 0.548 e. The Kier molecular flexibility index (Phi) is 5.81. The second kappa shape index (κ2) is 7.85. The SMILES string of the molecule is CC(C)[C@H](NC(=O)N1CC(=O)Nc2ccccc21)C(=O)N[C@@H](C)C(=O)[O-]. The van der Waals surface area contributed by atoms with Gasteiger partial charge in [0, 0.05) is 0 Å². The zero-order chi connectivity index (χ0) is 19.4. The molecule has 3 N–H and O–H groups in total. The van der Waals surface area contributed by atoms with Gasteiger partial charge >= 0.3 is 6.03 Å². The number of benzene rings is 1. The topological polar surface area (TPSA) is 131 Å². The molecule has 1 heterocycles. The number of nitrogens with one attached hydrogen (secondary N) is 3. The minimum Gasteiger partial charge on any atom is -0.548 e. The average Bonchev–Trinajstić information content (AvgIpc) is 2.57. The molecular weight excluding hydrogens is 340 g/mol. The number of para-hydroxylation sites is 2. The van der Waals surface area contributed by atoms with Gasteiger partial charge in [0.25, 0.3) is 0 Å². The number of carboxylic acids is 1. The molecule has 1 aliphatic heterocycles. The predicted octanol–water partition coefficient (Wildman–Crippen LogP) is -0.566. The summed E-state index contributed by atoms with van der Waals surface area (Å²) in [6.07, 6.45) is 0. The second-order valence-corrected chi connectivity index (χ2v) is 6.37. The van der Waals surface area contributed by atoms with E-state index in [1.807, 2.05) is 0 Å². The van der Waals surface area contributed by atoms with Gasteiger partial charge in [0.05, 0.1) is 23.4 Å². The third kappa shape index (κ3) is 4.29. The lowest BCUT2D eigenvalue weighted by atomic mass is 10.0. The fraction of sp³-hybridized carbons (Fsp3) is 0.412. The molecule has 2 rings (SSSR count). The van der Waals surface area contributed by atoms with Crippen molar-refractivity contribution in [3.63, 3.8) is 0 Å². The first-order chi connectivity index (χ1) is 12.2. The zero-order valence-electron chi connectivity index (χ0n) is 14.7. The van der Waals surface area contributed by atoms with Crippen molar-refractivity contribution in [2.45, 2.75) is 32.9 Å². The summed E-state index contributed by atoms with van der Waals surface area (Å²) < 4.78 is 0. The molecule has 1 aliphatic rings. The number of anilines is 2. The van der Waals surface area contributed by atoms with Crippen LogP contribution >= 0.6 is 0 Å². The molecule has 0 radical (unpaired) electrons. The molecule has 0 aromatic heterocycles. The highest BCUT2D eigenvalue weighted by Crippen LogP contribution is 2.28. The van der Waals surface area contributed by atoms with Crippen molar-refractivity contribution in [3.8, 4) is 0 Å². The maximum absolute atomic E-state index is 12.7. The number of urea groups is 1. The van der Waals surface area contributed by atoms with Crippen LogP contribution < -0.4 is 26.0 Å². The molecule has 2 atom stereocenters. The number of carboxylic acid groups (broad SMARTS) is 1. The molecule has 1 aromatic carbocycles. The fourth-order valence-electron chi connectivity index (χ4n) is 2.52. The van der Waals surface area contributed by atoms with Gasteiger partial charge in [0.2, 0.25) is 11.8 Å². The third-order valence-electron chi connectivity index (χ3n) is 3.96. The Morgan fingerprint density at radius 2 is 1.81 bits per heavy atom. The second-order valence-electron chi connectivity index (χ2n) is 6.37. The molecule has 0 saturated carbocycles. The van der Waals surface area contributed by atoms with E-state index in [2.05, 4.69) is 16.0 Å². The molecule has 4 amide bonds. The summed E-state index contributed by atoms with van der Waals surface area (Å²) in [5.74, 6) is -2.72. The molecule has 26 heavy (non-hydrogen) atoms. The highest BCUT2D eigenvalue weighted by molar-refractivity contribution is 6.10. The lowest BCUT2D eigenvalue weighted by Gasteiger charge is -2.31. The van der Waals surface area contributed by atoms with Crippen molar-refractivity contribution in [1.29, 1.82) is 0 Å². The summed E-state index contributed by atoms with van der Waals surface area (Å²) in [6.45, 7) is 4.51. The Hall–Kier alpha value is -3.10. The Morgan fingerprint density at radius 3 is 2.42 bits per heavy atom. The van der Waals surface area contributed by atoms with Crippen molar-refractivity contribution >= 4 is 35.2 Å². The zero-order valence-corrected chi connectivity index (χ0v) is 14.7. The standard InChI is InChI=1S/C17H22N4O5/c1-9(2)14(15(23)18-10(3)16(24)25)20-17(26)21-8-13(22)19-11-6-4-5-7-12(11)21/h4-7,9-10,14H,8H2,1-3H3,(H,18,23)(H,19,22)(H,20,26)(H,24,25)/p-1/t10-,14-/m0/s1. The number of rotatable bonds is 5. The van der Waals surface area contributed by atoms with Crippen LogP contribution in [0.1, 0.15) is 20.8 Å². The first-order valence-corrected chi connectivity index (χ1v) is 8.19. The van der Waals surface area contributed by atoms with Crippen molar-refractivity contribution in [2.75, 3.05) is 16.8 Å². The van der Waals surface area contributed by atoms with E-state index in [0.29, 0.717) is 11.4 Å². The van der Waals surface area contributed by atoms with E-state index in [0.717, 1.165) is 0 Å². The smallest absolute Gasteiger partial charge is 0.323 e. The molecule has 0 fully saturated rings. The molecule has 1 aromatic rings. The lowest BCUT2D eigenvalue weighted by Crippen LogP contribution is -2.58. The van der Waals surface area contributed by atoms with Crippen molar-refractivity contribution < 1.29 is 24.3 Å². The van der Waals surface area contributed by atoms with E-state index in [4.69, 9.17) is 0 Å². The predicted molar refractivity (Wildman–Crippen MR) is 92.2 cm³/mol. The molecule has 0 saturated heterocycles. The summed E-state index contributed by atoms with van der Waals surface area (Å²) in [5.41, 5.74) is 1.01. The summed E-state index contributed by atoms with van der Waals surface area (Å²) in [7, 11) is 0. The number of hydrogen-bond acceptors (Lipinski definition) is 5. The van der Waals surface area contributed by atoms with Gasteiger partial charge in [-0.05, 0) is 25.0 Å². The van der Waals surface area contributed by atoms with E-state index in [1.165, 1.54) is 11.8 Å². The van der Waals surface area contributed by atoms with E-state index in [1.54, 1.807) is 38.1 Å². The Balaban J connectivity index is 2.16. The van der Waals surface area contributed by atoms with Crippen molar-refractivity contribution in [2.24, 2.45) is 5.92 Å². The first-order valence-electron chi connectivity index (χ1n) is 8.19. The number of fused-ring (bicyclic) bond motifs is 1. The van der Waals surface area contributed by atoms with Gasteiger partial charge in [-0.15, -0.1) is 0 Å². The monoisotopic (exact) mass is 361 g/mol. The van der Waals surface area contributed by atoms with Gasteiger partial charge in [-0.1, -0.05) is 26.0 Å². The molecule has 0 aliphatic carbocycles. The van der Waals surface area contributed by atoms with Crippen LogP contribution in [0.5, 0.6) is 0 Å². The van der Waals surface area contributed by atoms with Crippen LogP contribution in [0.2, 0.25) is 0 Å². The van der Waals surface area contributed by atoms with Gasteiger partial charge < -0.3 is 25.9 Å². The van der Waals surface area contributed by atoms with Gasteiger partial charge in [-0.3, -0.25) is 14.5 Å². The van der Waals surface area contributed by atoms with Crippen molar-refractivity contribution in [1.82, 2.24) is 10.6 Å². The number of hydrogen-bond donors (Lipinski definition) is 3. The Morgan fingerprint density at radius 1 is 1.15 bits per heavy atom. The summed E-state index contributed by atoms with van der Waals surface area (Å²) >= 11 is 0. The maximum atomic E-state index is 12.7. The number of aliphatic carboxylic acids is 1. The molecule has 9 heteroatoms. The van der Waals surface area contributed by atoms with E-state index < -0.39 is 30.0 Å². The number of carbonyl (C=O) groups is 4. The summed E-state index contributed by atoms with van der Waals surface area (Å²) in [5, 5.41) is 18.3. The minimum atomic E-state index is -1.42. The van der Waals surface area contributed by atoms with Crippen molar-refractivity contribution in [3.05, 3.63) is 24.3 Å². The lowest BCUT2D eigenvalue weighted by molar-refractivity contribution is -0.307. The van der Waals surface area contributed by atoms with Crippen LogP contribution in [0, 0.1) is 5.92 Å². The first kappa shape index (κ1) is 19.2. The molecular formula is C17H21N4O5-. The van der Waals surface area contributed by atoms with Gasteiger partial charge in [0.15, 0.2) is 0 Å².